The molecule has 0 bridgehead atoms. The molecule has 1 heterocycles. The van der Waals surface area contributed by atoms with Gasteiger partial charge in [-0.2, -0.15) is 0 Å². The van der Waals surface area contributed by atoms with Gasteiger partial charge in [-0.1, -0.05) is 19.9 Å². The lowest BCUT2D eigenvalue weighted by molar-refractivity contribution is 0.0904. The third kappa shape index (κ3) is 4.39. The minimum atomic E-state index is -1.04. The van der Waals surface area contributed by atoms with Gasteiger partial charge in [0.1, 0.15) is 11.8 Å². The van der Waals surface area contributed by atoms with Crippen LogP contribution in [0.15, 0.2) is 51.8 Å². The molecule has 28 heavy (non-hydrogen) atoms. The molecule has 1 N–H and O–H groups in total. The highest BCUT2D eigenvalue weighted by Crippen LogP contribution is 2.30. The van der Waals surface area contributed by atoms with Gasteiger partial charge in [-0.15, -0.1) is 0 Å². The molecular formula is C22H24FNO3S. The van der Waals surface area contributed by atoms with Crippen LogP contribution in [0.3, 0.4) is 0 Å². The van der Waals surface area contributed by atoms with E-state index >= 15 is 0 Å². The van der Waals surface area contributed by atoms with Gasteiger partial charge in [-0.3, -0.25) is 4.79 Å². The summed E-state index contributed by atoms with van der Waals surface area (Å²) in [6, 6.07) is 12.4. The van der Waals surface area contributed by atoms with Crippen molar-refractivity contribution < 1.29 is 18.2 Å². The predicted octanol–water partition coefficient (Wildman–Crippen LogP) is 5.14. The summed E-state index contributed by atoms with van der Waals surface area (Å²) < 4.78 is 31.8. The van der Waals surface area contributed by atoms with Gasteiger partial charge in [-0.05, 0) is 78.0 Å². The number of furan rings is 1. The zero-order valence-corrected chi connectivity index (χ0v) is 17.2. The lowest BCUT2D eigenvalue weighted by Crippen LogP contribution is -2.33. The van der Waals surface area contributed by atoms with Gasteiger partial charge in [0.05, 0.1) is 5.39 Å². The van der Waals surface area contributed by atoms with Gasteiger partial charge in [-0.25, -0.2) is 4.39 Å². The molecule has 3 aromatic rings. The second-order valence-electron chi connectivity index (χ2n) is 7.44. The van der Waals surface area contributed by atoms with Gasteiger partial charge in [0, 0.05) is 6.04 Å². The minimum absolute atomic E-state index is 0.0710. The number of nitrogens with one attached hydrogen (secondary N) is 1. The van der Waals surface area contributed by atoms with Crippen LogP contribution in [0.2, 0.25) is 0 Å². The van der Waals surface area contributed by atoms with Gasteiger partial charge >= 0.3 is 0 Å². The maximum Gasteiger partial charge on any atom is 0.290 e. The maximum absolute atomic E-state index is 14.7. The van der Waals surface area contributed by atoms with Crippen LogP contribution < -0.4 is 5.32 Å². The quantitative estimate of drug-likeness (QED) is 0.582. The molecule has 1 aromatic heterocycles. The van der Waals surface area contributed by atoms with Crippen molar-refractivity contribution in [3.8, 4) is 11.1 Å². The summed E-state index contributed by atoms with van der Waals surface area (Å²) in [5.41, 5.74) is 2.04. The standard InChI is InChI=1S/C22H24FNO3S/c1-13(2)11-14(3)24-22(25)21-20(23)18-10-7-16(12-19(18)27-21)15-5-8-17(9-6-15)28(4)26/h5-10,12-14H,11H2,1-4H3,(H,24,25). The molecule has 0 fully saturated rings. The molecule has 0 saturated carbocycles. The number of hydrogen-bond acceptors (Lipinski definition) is 3. The largest absolute Gasteiger partial charge is 0.612 e. The summed E-state index contributed by atoms with van der Waals surface area (Å²) in [6.45, 7) is 6.02. The second kappa shape index (κ2) is 8.37. The van der Waals surface area contributed by atoms with E-state index < -0.39 is 22.9 Å². The zero-order chi connectivity index (χ0) is 20.4. The van der Waals surface area contributed by atoms with E-state index in [9.17, 15) is 13.7 Å². The van der Waals surface area contributed by atoms with Gasteiger partial charge < -0.3 is 14.3 Å². The Morgan fingerprint density at radius 3 is 2.39 bits per heavy atom. The van der Waals surface area contributed by atoms with Crippen LogP contribution in [-0.4, -0.2) is 22.8 Å². The SMILES string of the molecule is CC(C)CC(C)NC(=O)c1oc2cc(-c3ccc([S+](C)[O-])cc3)ccc2c1F. The van der Waals surface area contributed by atoms with Crippen LogP contribution in [-0.2, 0) is 11.2 Å². The monoisotopic (exact) mass is 401 g/mol. The first-order chi connectivity index (χ1) is 13.3. The molecule has 1 amide bonds. The van der Waals surface area contributed by atoms with Crippen molar-refractivity contribution in [3.63, 3.8) is 0 Å². The molecule has 2 atom stereocenters. The Labute approximate surface area is 167 Å². The molecule has 6 heteroatoms. The highest BCUT2D eigenvalue weighted by Gasteiger charge is 2.22. The Kier molecular flexibility index (Phi) is 6.10. The van der Waals surface area contributed by atoms with Crippen molar-refractivity contribution in [2.24, 2.45) is 5.92 Å². The minimum Gasteiger partial charge on any atom is -0.612 e. The smallest absolute Gasteiger partial charge is 0.290 e. The van der Waals surface area contributed by atoms with E-state index in [2.05, 4.69) is 19.2 Å². The number of halogens is 1. The first-order valence-corrected chi connectivity index (χ1v) is 10.8. The summed E-state index contributed by atoms with van der Waals surface area (Å²) in [4.78, 5) is 13.1. The molecule has 148 valence electrons. The summed E-state index contributed by atoms with van der Waals surface area (Å²) in [5.74, 6) is -1.06. The fraction of sp³-hybridized carbons (Fsp3) is 0.318. The molecule has 2 aromatic carbocycles. The predicted molar refractivity (Wildman–Crippen MR) is 110 cm³/mol. The van der Waals surface area contributed by atoms with E-state index in [0.717, 1.165) is 22.4 Å². The number of amides is 1. The summed E-state index contributed by atoms with van der Waals surface area (Å²) in [6.07, 6.45) is 2.43. The highest BCUT2D eigenvalue weighted by molar-refractivity contribution is 7.90. The fourth-order valence-electron chi connectivity index (χ4n) is 3.29. The molecule has 0 spiro atoms. The molecule has 4 nitrogen and oxygen atoms in total. The highest BCUT2D eigenvalue weighted by atomic mass is 32.2. The van der Waals surface area contributed by atoms with E-state index in [1.807, 2.05) is 19.1 Å². The topological polar surface area (TPSA) is 65.3 Å². The van der Waals surface area contributed by atoms with Gasteiger partial charge in [0.25, 0.3) is 5.91 Å². The van der Waals surface area contributed by atoms with Crippen LogP contribution in [0.1, 0.15) is 37.7 Å². The Hall–Kier alpha value is -2.31. The summed E-state index contributed by atoms with van der Waals surface area (Å²) >= 11 is -1.04. The molecule has 0 saturated heterocycles. The molecule has 0 aliphatic heterocycles. The van der Waals surface area contributed by atoms with Crippen molar-refractivity contribution in [2.45, 2.75) is 38.1 Å². The zero-order valence-electron chi connectivity index (χ0n) is 16.4. The summed E-state index contributed by atoms with van der Waals surface area (Å²) in [7, 11) is 0. The van der Waals surface area contributed by atoms with Gasteiger partial charge in [0.15, 0.2) is 10.7 Å². The number of fused-ring (bicyclic) bond motifs is 1. The van der Waals surface area contributed by atoms with Crippen molar-refractivity contribution in [2.75, 3.05) is 6.26 Å². The van der Waals surface area contributed by atoms with E-state index in [-0.39, 0.29) is 17.2 Å². The Balaban J connectivity index is 1.88. The second-order valence-corrected chi connectivity index (χ2v) is 8.82. The fourth-order valence-corrected chi connectivity index (χ4v) is 3.80. The first-order valence-electron chi connectivity index (χ1n) is 9.23. The molecular weight excluding hydrogens is 377 g/mol. The van der Waals surface area contributed by atoms with Crippen LogP contribution in [0.4, 0.5) is 4.39 Å². The maximum atomic E-state index is 14.7. The average molecular weight is 402 g/mol. The average Bonchev–Trinajstić information content (AvgIpc) is 2.97. The van der Waals surface area contributed by atoms with Crippen LogP contribution in [0, 0.1) is 11.7 Å². The lowest BCUT2D eigenvalue weighted by Gasteiger charge is -2.14. The van der Waals surface area contributed by atoms with E-state index in [0.29, 0.717) is 11.5 Å². The number of hydrogen-bond donors (Lipinski definition) is 1. The third-order valence-electron chi connectivity index (χ3n) is 4.56. The van der Waals surface area contributed by atoms with E-state index in [1.165, 1.54) is 0 Å². The van der Waals surface area contributed by atoms with Crippen molar-refractivity contribution in [3.05, 3.63) is 54.0 Å². The van der Waals surface area contributed by atoms with Crippen molar-refractivity contribution >= 4 is 28.1 Å². The number of carbonyl (C=O) groups excluding carboxylic acids is 1. The molecule has 2 unspecified atom stereocenters. The summed E-state index contributed by atoms with van der Waals surface area (Å²) in [5, 5.41) is 3.07. The number of benzene rings is 2. The van der Waals surface area contributed by atoms with Crippen LogP contribution in [0.5, 0.6) is 0 Å². The number of carbonyl (C=O) groups is 1. The van der Waals surface area contributed by atoms with Crippen LogP contribution >= 0.6 is 0 Å². The Morgan fingerprint density at radius 1 is 1.14 bits per heavy atom. The normalized spacial score (nSPS) is 13.7. The first kappa shape index (κ1) is 20.4. The molecule has 0 aliphatic carbocycles. The molecule has 3 rings (SSSR count). The van der Waals surface area contributed by atoms with Crippen molar-refractivity contribution in [1.82, 2.24) is 5.32 Å². The van der Waals surface area contributed by atoms with Crippen molar-refractivity contribution in [1.29, 1.82) is 0 Å². The number of rotatable bonds is 6. The lowest BCUT2D eigenvalue weighted by atomic mass is 10.0. The van der Waals surface area contributed by atoms with Crippen LogP contribution in [0.25, 0.3) is 22.1 Å². The third-order valence-corrected chi connectivity index (χ3v) is 5.49. The van der Waals surface area contributed by atoms with E-state index in [4.69, 9.17) is 4.42 Å². The Morgan fingerprint density at radius 2 is 1.79 bits per heavy atom. The molecule has 0 aliphatic rings. The Bertz CT molecular complexity index is 979. The van der Waals surface area contributed by atoms with Gasteiger partial charge in [0.2, 0.25) is 5.76 Å². The molecule has 0 radical (unpaired) electrons. The van der Waals surface area contributed by atoms with E-state index in [1.54, 1.807) is 36.6 Å².